The van der Waals surface area contributed by atoms with Gasteiger partial charge in [-0.15, -0.1) is 11.8 Å². The number of halogens is 1. The first kappa shape index (κ1) is 12.9. The van der Waals surface area contributed by atoms with Crippen LogP contribution in [0.1, 0.15) is 5.56 Å². The monoisotopic (exact) mass is 310 g/mol. The van der Waals surface area contributed by atoms with E-state index >= 15 is 0 Å². The molecule has 0 saturated heterocycles. The topological polar surface area (TPSA) is 54.4 Å². The van der Waals surface area contributed by atoms with Crippen molar-refractivity contribution in [3.8, 4) is 5.75 Å². The van der Waals surface area contributed by atoms with Gasteiger partial charge in [0.1, 0.15) is 5.75 Å². The molecule has 0 bridgehead atoms. The van der Waals surface area contributed by atoms with Crippen molar-refractivity contribution >= 4 is 37.5 Å². The number of phenols is 1. The second kappa shape index (κ2) is 4.35. The van der Waals surface area contributed by atoms with Crippen molar-refractivity contribution in [2.24, 2.45) is 0 Å². The predicted molar refractivity (Wildman–Crippen MR) is 65.4 cm³/mol. The molecule has 0 fully saturated rings. The second-order valence-electron chi connectivity index (χ2n) is 3.14. The number of aromatic hydroxyl groups is 1. The van der Waals surface area contributed by atoms with Gasteiger partial charge in [-0.3, -0.25) is 0 Å². The normalized spacial score (nSPS) is 11.7. The molecule has 0 radical (unpaired) electrons. The van der Waals surface area contributed by atoms with Gasteiger partial charge >= 0.3 is 0 Å². The van der Waals surface area contributed by atoms with Gasteiger partial charge in [-0.1, -0.05) is 0 Å². The van der Waals surface area contributed by atoms with E-state index in [-0.39, 0.29) is 10.6 Å². The molecular formula is C9H11BrO3S2. The summed E-state index contributed by atoms with van der Waals surface area (Å²) in [5.41, 5.74) is 0.543. The highest BCUT2D eigenvalue weighted by atomic mass is 79.9. The molecule has 0 saturated carbocycles. The first-order valence-electron chi connectivity index (χ1n) is 4.05. The molecule has 84 valence electrons. The Morgan fingerprint density at radius 1 is 1.47 bits per heavy atom. The summed E-state index contributed by atoms with van der Waals surface area (Å²) in [7, 11) is -3.28. The first-order chi connectivity index (χ1) is 6.79. The lowest BCUT2D eigenvalue weighted by Gasteiger charge is -2.12. The maximum atomic E-state index is 11.6. The van der Waals surface area contributed by atoms with Gasteiger partial charge < -0.3 is 5.11 Å². The van der Waals surface area contributed by atoms with Gasteiger partial charge in [-0.05, 0) is 40.7 Å². The van der Waals surface area contributed by atoms with Gasteiger partial charge in [0, 0.05) is 11.2 Å². The lowest BCUT2D eigenvalue weighted by atomic mass is 10.2. The van der Waals surface area contributed by atoms with Crippen LogP contribution in [0.3, 0.4) is 0 Å². The van der Waals surface area contributed by atoms with Gasteiger partial charge in [-0.25, -0.2) is 8.42 Å². The quantitative estimate of drug-likeness (QED) is 0.853. The third-order valence-corrected chi connectivity index (χ3v) is 5.14. The first-order valence-corrected chi connectivity index (χ1v) is 7.96. The van der Waals surface area contributed by atoms with Crippen molar-refractivity contribution in [1.82, 2.24) is 0 Å². The van der Waals surface area contributed by atoms with E-state index < -0.39 is 9.84 Å². The average Bonchev–Trinajstić information content (AvgIpc) is 2.11. The van der Waals surface area contributed by atoms with Crippen molar-refractivity contribution in [2.75, 3.05) is 12.5 Å². The minimum Gasteiger partial charge on any atom is -0.507 e. The van der Waals surface area contributed by atoms with E-state index in [2.05, 4.69) is 15.9 Å². The maximum absolute atomic E-state index is 11.6. The molecule has 0 heterocycles. The number of phenolic OH excluding ortho intramolecular Hbond substituents is 1. The van der Waals surface area contributed by atoms with Gasteiger partial charge in [0.15, 0.2) is 9.84 Å². The molecule has 1 rings (SSSR count). The summed E-state index contributed by atoms with van der Waals surface area (Å²) < 4.78 is 23.6. The minimum absolute atomic E-state index is 0.0595. The van der Waals surface area contributed by atoms with Crippen molar-refractivity contribution < 1.29 is 13.5 Å². The SMILES string of the molecule is CSc1cc(O)c(Br)c(C)c1S(C)(=O)=O. The Balaban J connectivity index is 3.70. The highest BCUT2D eigenvalue weighted by molar-refractivity contribution is 9.10. The molecule has 6 heteroatoms. The molecular weight excluding hydrogens is 300 g/mol. The van der Waals surface area contributed by atoms with Crippen LogP contribution in [0, 0.1) is 6.92 Å². The fraction of sp³-hybridized carbons (Fsp3) is 0.333. The smallest absolute Gasteiger partial charge is 0.176 e. The Morgan fingerprint density at radius 3 is 2.40 bits per heavy atom. The van der Waals surface area contributed by atoms with E-state index in [9.17, 15) is 13.5 Å². The van der Waals surface area contributed by atoms with Gasteiger partial charge in [-0.2, -0.15) is 0 Å². The zero-order chi connectivity index (χ0) is 11.8. The average molecular weight is 311 g/mol. The summed E-state index contributed by atoms with van der Waals surface area (Å²) in [6, 6.07) is 1.46. The summed E-state index contributed by atoms with van der Waals surface area (Å²) in [6.45, 7) is 1.67. The summed E-state index contributed by atoms with van der Waals surface area (Å²) >= 11 is 4.46. The number of thioether (sulfide) groups is 1. The standard InChI is InChI=1S/C9H11BrO3S2/c1-5-8(10)6(11)4-7(14-2)9(5)15(3,12)13/h4,11H,1-3H3. The number of sulfone groups is 1. The fourth-order valence-corrected chi connectivity index (χ4v) is 4.14. The van der Waals surface area contributed by atoms with Crippen molar-refractivity contribution in [3.05, 3.63) is 16.1 Å². The van der Waals surface area contributed by atoms with E-state index in [1.807, 2.05) is 0 Å². The van der Waals surface area contributed by atoms with Gasteiger partial charge in [0.2, 0.25) is 0 Å². The Kier molecular flexibility index (Phi) is 3.73. The highest BCUT2D eigenvalue weighted by Gasteiger charge is 2.20. The van der Waals surface area contributed by atoms with Gasteiger partial charge in [0.25, 0.3) is 0 Å². The molecule has 0 atom stereocenters. The molecule has 0 unspecified atom stereocenters. The zero-order valence-electron chi connectivity index (χ0n) is 8.54. The molecule has 1 aromatic carbocycles. The van der Waals surface area contributed by atoms with Crippen LogP contribution >= 0.6 is 27.7 Å². The lowest BCUT2D eigenvalue weighted by Crippen LogP contribution is -2.03. The third kappa shape index (κ3) is 2.49. The molecule has 1 N–H and O–H groups in total. The van der Waals surface area contributed by atoms with Crippen LogP contribution in [0.4, 0.5) is 0 Å². The van der Waals surface area contributed by atoms with Crippen molar-refractivity contribution in [3.63, 3.8) is 0 Å². The van der Waals surface area contributed by atoms with E-state index in [0.717, 1.165) is 0 Å². The Labute approximate surface area is 102 Å². The highest BCUT2D eigenvalue weighted by Crippen LogP contribution is 2.38. The molecule has 0 spiro atoms. The Morgan fingerprint density at radius 2 is 2.00 bits per heavy atom. The molecule has 1 aromatic rings. The van der Waals surface area contributed by atoms with Crippen LogP contribution in [0.15, 0.2) is 20.3 Å². The Bertz CT molecular complexity index is 495. The van der Waals surface area contributed by atoms with Crippen LogP contribution in [0.5, 0.6) is 5.75 Å². The fourth-order valence-electron chi connectivity index (χ4n) is 1.34. The molecule has 0 aliphatic heterocycles. The summed E-state index contributed by atoms with van der Waals surface area (Å²) in [5.74, 6) is 0.0595. The molecule has 3 nitrogen and oxygen atoms in total. The molecule has 0 aromatic heterocycles. The number of rotatable bonds is 2. The lowest BCUT2D eigenvalue weighted by molar-refractivity contribution is 0.468. The van der Waals surface area contributed by atoms with E-state index in [0.29, 0.717) is 14.9 Å². The number of hydrogen-bond donors (Lipinski definition) is 1. The van der Waals surface area contributed by atoms with Crippen LogP contribution < -0.4 is 0 Å². The van der Waals surface area contributed by atoms with Crippen LogP contribution in [0.2, 0.25) is 0 Å². The van der Waals surface area contributed by atoms with Gasteiger partial charge in [0.05, 0.1) is 9.37 Å². The molecule has 0 aliphatic rings. The second-order valence-corrected chi connectivity index (χ2v) is 6.73. The van der Waals surface area contributed by atoms with E-state index in [4.69, 9.17) is 0 Å². The predicted octanol–water partition coefficient (Wildman–Crippen LogP) is 2.59. The number of benzene rings is 1. The van der Waals surface area contributed by atoms with E-state index in [1.165, 1.54) is 24.1 Å². The Hall–Kier alpha value is -0.200. The summed E-state index contributed by atoms with van der Waals surface area (Å²) in [5, 5.41) is 9.55. The van der Waals surface area contributed by atoms with Crippen LogP contribution in [-0.4, -0.2) is 26.0 Å². The van der Waals surface area contributed by atoms with Crippen molar-refractivity contribution in [2.45, 2.75) is 16.7 Å². The minimum atomic E-state index is -3.28. The molecule has 0 aliphatic carbocycles. The summed E-state index contributed by atoms with van der Waals surface area (Å²) in [6.07, 6.45) is 2.94. The van der Waals surface area contributed by atoms with Crippen molar-refractivity contribution in [1.29, 1.82) is 0 Å². The molecule has 15 heavy (non-hydrogen) atoms. The van der Waals surface area contributed by atoms with Crippen LogP contribution in [0.25, 0.3) is 0 Å². The van der Waals surface area contributed by atoms with E-state index in [1.54, 1.807) is 13.2 Å². The van der Waals surface area contributed by atoms with Crippen LogP contribution in [-0.2, 0) is 9.84 Å². The largest absolute Gasteiger partial charge is 0.507 e. The number of hydrogen-bond acceptors (Lipinski definition) is 4. The summed E-state index contributed by atoms with van der Waals surface area (Å²) in [4.78, 5) is 0.843. The maximum Gasteiger partial charge on any atom is 0.176 e. The third-order valence-electron chi connectivity index (χ3n) is 1.98. The zero-order valence-corrected chi connectivity index (χ0v) is 11.8. The molecule has 0 amide bonds.